The summed E-state index contributed by atoms with van der Waals surface area (Å²) in [5.74, 6) is 1.78. The lowest BCUT2D eigenvalue weighted by atomic mass is 9.36. The van der Waals surface area contributed by atoms with Gasteiger partial charge in [0.2, 0.25) is 6.71 Å². The number of benzene rings is 8. The molecule has 0 amide bonds. The fourth-order valence-electron chi connectivity index (χ4n) is 7.33. The summed E-state index contributed by atoms with van der Waals surface area (Å²) < 4.78 is 6.73. The zero-order valence-electron chi connectivity index (χ0n) is 26.9. The average Bonchev–Trinajstić information content (AvgIpc) is 3.18. The maximum absolute atomic E-state index is 6.73. The maximum Gasteiger partial charge on any atom is 0.241 e. The van der Waals surface area contributed by atoms with E-state index in [1.54, 1.807) is 0 Å². The number of fused-ring (bicyclic) bond motifs is 2. The van der Waals surface area contributed by atoms with Crippen molar-refractivity contribution in [3.63, 3.8) is 0 Å². The van der Waals surface area contributed by atoms with Crippen molar-refractivity contribution in [3.05, 3.63) is 194 Å². The number of ether oxygens (including phenoxy) is 1. The quantitative estimate of drug-likeness (QED) is 0.164. The first-order valence-electron chi connectivity index (χ1n) is 16.8. The molecule has 8 aromatic carbocycles. The summed E-state index contributed by atoms with van der Waals surface area (Å²) >= 11 is 0. The highest BCUT2D eigenvalue weighted by atomic mass is 16.5. The molecule has 0 bridgehead atoms. The predicted molar refractivity (Wildman–Crippen MR) is 207 cm³/mol. The molecule has 3 heteroatoms. The van der Waals surface area contributed by atoms with Crippen molar-refractivity contribution in [2.45, 2.75) is 0 Å². The van der Waals surface area contributed by atoms with Gasteiger partial charge in [0, 0.05) is 28.0 Å². The van der Waals surface area contributed by atoms with E-state index in [1.807, 2.05) is 0 Å². The van der Waals surface area contributed by atoms with Gasteiger partial charge in [-0.05, 0) is 76.7 Å². The number of hydrogen-bond acceptors (Lipinski definition) is 2. The molecule has 1 heterocycles. The molecular formula is C46H32BNO. The second kappa shape index (κ2) is 12.4. The zero-order chi connectivity index (χ0) is 32.6. The van der Waals surface area contributed by atoms with Crippen LogP contribution in [0.25, 0.3) is 33.0 Å². The normalized spacial score (nSPS) is 11.4. The van der Waals surface area contributed by atoms with Crippen LogP contribution < -0.4 is 26.0 Å². The second-order valence-corrected chi connectivity index (χ2v) is 12.5. The summed E-state index contributed by atoms with van der Waals surface area (Å²) in [5, 5.41) is 2.39. The minimum absolute atomic E-state index is 0.109. The summed E-state index contributed by atoms with van der Waals surface area (Å²) in [6.07, 6.45) is 0. The van der Waals surface area contributed by atoms with E-state index in [0.29, 0.717) is 0 Å². The molecule has 0 fully saturated rings. The third kappa shape index (κ3) is 5.26. The van der Waals surface area contributed by atoms with Gasteiger partial charge in [-0.15, -0.1) is 0 Å². The van der Waals surface area contributed by atoms with E-state index in [2.05, 4.69) is 199 Å². The summed E-state index contributed by atoms with van der Waals surface area (Å²) in [6, 6.07) is 69.1. The Morgan fingerprint density at radius 3 is 1.53 bits per heavy atom. The highest BCUT2D eigenvalue weighted by Crippen LogP contribution is 2.47. The van der Waals surface area contributed by atoms with Crippen molar-refractivity contribution in [1.29, 1.82) is 0 Å². The molecule has 0 aliphatic carbocycles. The molecular weight excluding hydrogens is 593 g/mol. The van der Waals surface area contributed by atoms with Crippen molar-refractivity contribution in [2.75, 3.05) is 4.90 Å². The molecule has 0 unspecified atom stereocenters. The number of rotatable bonds is 7. The maximum atomic E-state index is 6.73. The van der Waals surface area contributed by atoms with Crippen LogP contribution in [0.15, 0.2) is 194 Å². The zero-order valence-corrected chi connectivity index (χ0v) is 26.9. The Hall–Kier alpha value is -6.32. The lowest BCUT2D eigenvalue weighted by Crippen LogP contribution is -2.52. The predicted octanol–water partition coefficient (Wildman–Crippen LogP) is 10.3. The van der Waals surface area contributed by atoms with E-state index in [4.69, 9.17) is 4.74 Å². The first kappa shape index (κ1) is 28.9. The molecule has 1 aliphatic heterocycles. The molecule has 0 saturated heterocycles. The van der Waals surface area contributed by atoms with Crippen LogP contribution in [-0.4, -0.2) is 6.71 Å². The first-order valence-corrected chi connectivity index (χ1v) is 16.8. The van der Waals surface area contributed by atoms with Gasteiger partial charge < -0.3 is 9.64 Å². The van der Waals surface area contributed by atoms with Gasteiger partial charge in [-0.25, -0.2) is 0 Å². The van der Waals surface area contributed by atoms with E-state index in [9.17, 15) is 0 Å². The van der Waals surface area contributed by atoms with Crippen molar-refractivity contribution >= 4 is 50.9 Å². The molecule has 0 N–H and O–H groups in total. The second-order valence-electron chi connectivity index (χ2n) is 12.5. The van der Waals surface area contributed by atoms with Gasteiger partial charge in [0.05, 0.1) is 0 Å². The first-order chi connectivity index (χ1) is 24.3. The molecule has 9 rings (SSSR count). The molecule has 0 spiro atoms. The van der Waals surface area contributed by atoms with Crippen molar-refractivity contribution in [2.24, 2.45) is 0 Å². The van der Waals surface area contributed by atoms with Crippen molar-refractivity contribution in [3.8, 4) is 33.8 Å². The Morgan fingerprint density at radius 2 is 0.918 bits per heavy atom. The fraction of sp³-hybridized carbons (Fsp3) is 0. The van der Waals surface area contributed by atoms with Gasteiger partial charge in [0.15, 0.2) is 0 Å². The molecule has 0 saturated carbocycles. The topological polar surface area (TPSA) is 12.5 Å². The van der Waals surface area contributed by atoms with Gasteiger partial charge in [-0.2, -0.15) is 0 Å². The average molecular weight is 626 g/mol. The molecule has 49 heavy (non-hydrogen) atoms. The van der Waals surface area contributed by atoms with Crippen LogP contribution in [0.5, 0.6) is 11.5 Å². The van der Waals surface area contributed by atoms with Crippen LogP contribution in [0.2, 0.25) is 0 Å². The smallest absolute Gasteiger partial charge is 0.241 e. The van der Waals surface area contributed by atoms with E-state index in [0.717, 1.165) is 45.3 Å². The lowest BCUT2D eigenvalue weighted by Gasteiger charge is -2.26. The van der Waals surface area contributed by atoms with Gasteiger partial charge in [-0.3, -0.25) is 0 Å². The van der Waals surface area contributed by atoms with Crippen molar-refractivity contribution < 1.29 is 4.74 Å². The molecule has 1 aliphatic rings. The van der Waals surface area contributed by atoms with Crippen LogP contribution in [-0.2, 0) is 0 Å². The van der Waals surface area contributed by atoms with E-state index >= 15 is 0 Å². The van der Waals surface area contributed by atoms with Crippen LogP contribution >= 0.6 is 0 Å². The Balaban J connectivity index is 1.09. The highest BCUT2D eigenvalue weighted by molar-refractivity contribution is 6.96. The van der Waals surface area contributed by atoms with Gasteiger partial charge in [0.25, 0.3) is 0 Å². The van der Waals surface area contributed by atoms with Gasteiger partial charge in [-0.1, -0.05) is 156 Å². The van der Waals surface area contributed by atoms with E-state index < -0.39 is 0 Å². The summed E-state index contributed by atoms with van der Waals surface area (Å²) in [6.45, 7) is 0.109. The van der Waals surface area contributed by atoms with Crippen LogP contribution in [0.3, 0.4) is 0 Å². The third-order valence-electron chi connectivity index (χ3n) is 9.59. The van der Waals surface area contributed by atoms with Gasteiger partial charge in [0.1, 0.15) is 11.5 Å². The largest absolute Gasteiger partial charge is 0.456 e. The van der Waals surface area contributed by atoms with Crippen LogP contribution in [0.1, 0.15) is 0 Å². The standard InChI is InChI=1S/C46H32BNO/c1-5-14-35(15-6-1)47(36-16-7-2-8-17-36)43-31-30-41-40-29-26-34(32-45(40)49-44-23-13-22-42(43)46(41)44)33-24-27-39(28-25-33)48(37-18-9-3-10-19-37)38-20-11-4-12-21-38/h1-32H. The summed E-state index contributed by atoms with van der Waals surface area (Å²) in [4.78, 5) is 2.28. The van der Waals surface area contributed by atoms with E-state index in [1.165, 1.54) is 32.7 Å². The Bertz CT molecular complexity index is 2310. The Labute approximate surface area is 287 Å². The molecule has 0 atom stereocenters. The Morgan fingerprint density at radius 1 is 0.388 bits per heavy atom. The number of anilines is 3. The van der Waals surface area contributed by atoms with E-state index in [-0.39, 0.29) is 6.71 Å². The van der Waals surface area contributed by atoms with Crippen LogP contribution in [0.4, 0.5) is 17.1 Å². The monoisotopic (exact) mass is 625 g/mol. The SMILES string of the molecule is c1ccc(B(c2ccccc2)c2ccc3c4c(cccc24)Oc2cc(-c4ccc(N(c5ccccc5)c5ccccc5)cc4)ccc2-3)cc1. The third-order valence-corrected chi connectivity index (χ3v) is 9.59. The van der Waals surface area contributed by atoms with Crippen LogP contribution in [0, 0.1) is 0 Å². The summed E-state index contributed by atoms with van der Waals surface area (Å²) in [5.41, 5.74) is 11.8. The molecule has 0 radical (unpaired) electrons. The number of nitrogens with zero attached hydrogens (tertiary/aromatic N) is 1. The molecule has 230 valence electrons. The fourth-order valence-corrected chi connectivity index (χ4v) is 7.33. The molecule has 2 nitrogen and oxygen atoms in total. The lowest BCUT2D eigenvalue weighted by molar-refractivity contribution is 0.487. The highest BCUT2D eigenvalue weighted by Gasteiger charge is 2.27. The minimum Gasteiger partial charge on any atom is -0.456 e. The number of para-hydroxylation sites is 2. The summed E-state index contributed by atoms with van der Waals surface area (Å²) in [7, 11) is 0. The Kier molecular flexibility index (Phi) is 7.29. The molecule has 8 aromatic rings. The molecule has 0 aromatic heterocycles. The van der Waals surface area contributed by atoms with Gasteiger partial charge >= 0.3 is 0 Å². The number of hydrogen-bond donors (Lipinski definition) is 0. The van der Waals surface area contributed by atoms with Crippen molar-refractivity contribution in [1.82, 2.24) is 0 Å². The minimum atomic E-state index is 0.109.